The van der Waals surface area contributed by atoms with Crippen molar-refractivity contribution in [1.29, 1.82) is 0 Å². The van der Waals surface area contributed by atoms with Crippen LogP contribution in [0.4, 0.5) is 5.69 Å². The number of nitrogens with one attached hydrogen (secondary N) is 1. The van der Waals surface area contributed by atoms with Crippen molar-refractivity contribution in [3.8, 4) is 0 Å². The van der Waals surface area contributed by atoms with Crippen LogP contribution in [-0.2, 0) is 0 Å². The van der Waals surface area contributed by atoms with E-state index in [4.69, 9.17) is 11.6 Å². The highest BCUT2D eigenvalue weighted by Gasteiger charge is 2.13. The SMILES string of the molecule is Cc1cc(Br)c(NC(=O)c2cncc(Cl)n2)c(Br)c1. The van der Waals surface area contributed by atoms with Crippen LogP contribution in [0.15, 0.2) is 33.5 Å². The fourth-order valence-corrected chi connectivity index (χ4v) is 3.21. The minimum Gasteiger partial charge on any atom is -0.319 e. The Morgan fingerprint density at radius 1 is 1.26 bits per heavy atom. The lowest BCUT2D eigenvalue weighted by Gasteiger charge is -2.10. The lowest BCUT2D eigenvalue weighted by Crippen LogP contribution is -2.15. The van der Waals surface area contributed by atoms with Gasteiger partial charge in [0.2, 0.25) is 0 Å². The Hall–Kier alpha value is -0.980. The first kappa shape index (κ1) is 14.4. The molecule has 4 nitrogen and oxygen atoms in total. The van der Waals surface area contributed by atoms with Crippen LogP contribution >= 0.6 is 43.5 Å². The number of amides is 1. The molecule has 1 heterocycles. The van der Waals surface area contributed by atoms with Gasteiger partial charge in [-0.2, -0.15) is 0 Å². The molecule has 2 rings (SSSR count). The highest BCUT2D eigenvalue weighted by molar-refractivity contribution is 9.11. The van der Waals surface area contributed by atoms with Crippen LogP contribution in [0.2, 0.25) is 5.15 Å². The lowest BCUT2D eigenvalue weighted by atomic mass is 10.2. The van der Waals surface area contributed by atoms with Crippen LogP contribution < -0.4 is 5.32 Å². The van der Waals surface area contributed by atoms with E-state index in [2.05, 4.69) is 47.1 Å². The zero-order valence-electron chi connectivity index (χ0n) is 9.75. The van der Waals surface area contributed by atoms with Crippen LogP contribution in [0, 0.1) is 6.92 Å². The molecule has 0 fully saturated rings. The summed E-state index contributed by atoms with van der Waals surface area (Å²) in [7, 11) is 0. The molecular formula is C12H8Br2ClN3O. The summed E-state index contributed by atoms with van der Waals surface area (Å²) in [5.41, 5.74) is 1.86. The van der Waals surface area contributed by atoms with Gasteiger partial charge < -0.3 is 5.32 Å². The van der Waals surface area contributed by atoms with Gasteiger partial charge in [-0.15, -0.1) is 0 Å². The molecule has 0 unspecified atom stereocenters. The molecule has 98 valence electrons. The summed E-state index contributed by atoms with van der Waals surface area (Å²) in [6.07, 6.45) is 2.73. The van der Waals surface area contributed by atoms with Crippen molar-refractivity contribution in [3.63, 3.8) is 0 Å². The van der Waals surface area contributed by atoms with Crippen LogP contribution in [-0.4, -0.2) is 15.9 Å². The Labute approximate surface area is 131 Å². The number of aryl methyl sites for hydroxylation is 1. The first-order chi connectivity index (χ1) is 8.97. The number of nitrogens with zero attached hydrogens (tertiary/aromatic N) is 2. The quantitative estimate of drug-likeness (QED) is 0.814. The Morgan fingerprint density at radius 3 is 2.47 bits per heavy atom. The van der Waals surface area contributed by atoms with Crippen LogP contribution in [0.1, 0.15) is 16.1 Å². The fourth-order valence-electron chi connectivity index (χ4n) is 1.45. The second-order valence-corrected chi connectivity index (χ2v) is 5.88. The Kier molecular flexibility index (Phi) is 4.54. The molecule has 2 aromatic rings. The molecule has 1 aromatic heterocycles. The molecule has 0 aliphatic rings. The standard InChI is InChI=1S/C12H8Br2ClN3O/c1-6-2-7(13)11(8(14)3-6)18-12(19)9-4-16-5-10(15)17-9/h2-5H,1H3,(H,18,19). The summed E-state index contributed by atoms with van der Waals surface area (Å²) >= 11 is 12.5. The molecule has 0 bridgehead atoms. The first-order valence-electron chi connectivity index (χ1n) is 5.22. The Balaban J connectivity index is 2.29. The van der Waals surface area contributed by atoms with E-state index < -0.39 is 0 Å². The maximum atomic E-state index is 12.0. The number of hydrogen-bond acceptors (Lipinski definition) is 3. The molecule has 1 aromatic carbocycles. The summed E-state index contributed by atoms with van der Waals surface area (Å²) in [5.74, 6) is -0.375. The van der Waals surface area contributed by atoms with Gasteiger partial charge in [0.1, 0.15) is 10.8 Å². The number of aromatic nitrogens is 2. The van der Waals surface area contributed by atoms with Crippen LogP contribution in [0.25, 0.3) is 0 Å². The largest absolute Gasteiger partial charge is 0.319 e. The van der Waals surface area contributed by atoms with E-state index in [1.165, 1.54) is 12.4 Å². The maximum absolute atomic E-state index is 12.0. The van der Waals surface area contributed by atoms with Gasteiger partial charge >= 0.3 is 0 Å². The summed E-state index contributed by atoms with van der Waals surface area (Å²) in [6.45, 7) is 1.96. The van der Waals surface area contributed by atoms with E-state index in [0.29, 0.717) is 5.69 Å². The first-order valence-corrected chi connectivity index (χ1v) is 7.18. The zero-order chi connectivity index (χ0) is 14.0. The van der Waals surface area contributed by atoms with Gasteiger partial charge in [0, 0.05) is 8.95 Å². The van der Waals surface area contributed by atoms with Gasteiger partial charge in [0.15, 0.2) is 0 Å². The predicted molar refractivity (Wildman–Crippen MR) is 81.6 cm³/mol. The second kappa shape index (κ2) is 5.98. The molecular weight excluding hydrogens is 397 g/mol. The number of rotatable bonds is 2. The average Bonchev–Trinajstić information content (AvgIpc) is 2.33. The van der Waals surface area contributed by atoms with E-state index in [-0.39, 0.29) is 16.8 Å². The average molecular weight is 405 g/mol. The van der Waals surface area contributed by atoms with Crippen LogP contribution in [0.3, 0.4) is 0 Å². The molecule has 0 atom stereocenters. The molecule has 0 aliphatic carbocycles. The number of halogens is 3. The summed E-state index contributed by atoms with van der Waals surface area (Å²) in [6, 6.07) is 3.81. The minimum absolute atomic E-state index is 0.159. The maximum Gasteiger partial charge on any atom is 0.275 e. The van der Waals surface area contributed by atoms with Crippen LogP contribution in [0.5, 0.6) is 0 Å². The Morgan fingerprint density at radius 2 is 1.89 bits per heavy atom. The third-order valence-corrected chi connectivity index (χ3v) is 3.70. The molecule has 0 saturated heterocycles. The number of carbonyl (C=O) groups excluding carboxylic acids is 1. The van der Waals surface area contributed by atoms with Gasteiger partial charge in [-0.3, -0.25) is 9.78 Å². The zero-order valence-corrected chi connectivity index (χ0v) is 13.7. The van der Waals surface area contributed by atoms with Gasteiger partial charge in [0.05, 0.1) is 18.1 Å². The molecule has 0 spiro atoms. The molecule has 1 amide bonds. The number of anilines is 1. The van der Waals surface area contributed by atoms with Crippen molar-refractivity contribution in [1.82, 2.24) is 9.97 Å². The summed E-state index contributed by atoms with van der Waals surface area (Å²) < 4.78 is 1.56. The third-order valence-electron chi connectivity index (χ3n) is 2.26. The second-order valence-electron chi connectivity index (χ2n) is 3.78. The van der Waals surface area contributed by atoms with Crippen molar-refractivity contribution in [3.05, 3.63) is 49.9 Å². The normalized spacial score (nSPS) is 10.3. The topological polar surface area (TPSA) is 54.9 Å². The van der Waals surface area contributed by atoms with Crippen molar-refractivity contribution in [2.45, 2.75) is 6.92 Å². The smallest absolute Gasteiger partial charge is 0.275 e. The highest BCUT2D eigenvalue weighted by Crippen LogP contribution is 2.32. The molecule has 7 heteroatoms. The van der Waals surface area contributed by atoms with E-state index in [0.717, 1.165) is 14.5 Å². The molecule has 0 saturated carbocycles. The predicted octanol–water partition coefficient (Wildman–Crippen LogP) is 4.22. The summed E-state index contributed by atoms with van der Waals surface area (Å²) in [5, 5.41) is 2.93. The summed E-state index contributed by atoms with van der Waals surface area (Å²) in [4.78, 5) is 19.8. The van der Waals surface area contributed by atoms with Crippen molar-refractivity contribution in [2.24, 2.45) is 0 Å². The monoisotopic (exact) mass is 403 g/mol. The van der Waals surface area contributed by atoms with Gasteiger partial charge in [-0.25, -0.2) is 4.98 Å². The minimum atomic E-state index is -0.375. The van der Waals surface area contributed by atoms with Crippen molar-refractivity contribution in [2.75, 3.05) is 5.32 Å². The van der Waals surface area contributed by atoms with Crippen molar-refractivity contribution >= 4 is 55.1 Å². The van der Waals surface area contributed by atoms with Gasteiger partial charge in [0.25, 0.3) is 5.91 Å². The van der Waals surface area contributed by atoms with E-state index in [1.54, 1.807) is 0 Å². The van der Waals surface area contributed by atoms with Gasteiger partial charge in [-0.05, 0) is 56.5 Å². The van der Waals surface area contributed by atoms with Gasteiger partial charge in [-0.1, -0.05) is 11.6 Å². The molecule has 1 N–H and O–H groups in total. The van der Waals surface area contributed by atoms with E-state index in [1.807, 2.05) is 19.1 Å². The Bertz CT molecular complexity index is 626. The number of hydrogen-bond donors (Lipinski definition) is 1. The fraction of sp³-hybridized carbons (Fsp3) is 0.0833. The van der Waals surface area contributed by atoms with E-state index in [9.17, 15) is 4.79 Å². The number of carbonyl (C=O) groups is 1. The molecule has 19 heavy (non-hydrogen) atoms. The van der Waals surface area contributed by atoms with E-state index >= 15 is 0 Å². The highest BCUT2D eigenvalue weighted by atomic mass is 79.9. The van der Waals surface area contributed by atoms with Crippen molar-refractivity contribution < 1.29 is 4.79 Å². The molecule has 0 aliphatic heterocycles. The lowest BCUT2D eigenvalue weighted by molar-refractivity contribution is 0.102. The molecule has 0 radical (unpaired) electrons. The third kappa shape index (κ3) is 3.52. The number of benzene rings is 1.